The Morgan fingerprint density at radius 2 is 1.90 bits per heavy atom. The highest BCUT2D eigenvalue weighted by molar-refractivity contribution is 6.34. The van der Waals surface area contributed by atoms with Crippen LogP contribution >= 0.6 is 11.6 Å². The highest BCUT2D eigenvalue weighted by Crippen LogP contribution is 2.43. The van der Waals surface area contributed by atoms with Gasteiger partial charge in [0.1, 0.15) is 0 Å². The first-order chi connectivity index (χ1) is 10.1. The maximum atomic E-state index is 12.5. The van der Waals surface area contributed by atoms with Gasteiger partial charge in [-0.05, 0) is 43.2 Å². The van der Waals surface area contributed by atoms with E-state index in [0.717, 1.165) is 24.7 Å². The Hall–Kier alpha value is -1.22. The number of amides is 1. The van der Waals surface area contributed by atoms with Crippen molar-refractivity contribution < 1.29 is 4.79 Å². The van der Waals surface area contributed by atoms with E-state index in [1.165, 1.54) is 32.1 Å². The number of carbonyl (C=O) groups excluding carboxylic acids is 1. The lowest BCUT2D eigenvalue weighted by molar-refractivity contribution is -0.122. The third kappa shape index (κ3) is 3.18. The zero-order valence-electron chi connectivity index (χ0n) is 12.3. The number of para-hydroxylation sites is 1. The third-order valence-corrected chi connectivity index (χ3v) is 5.52. The molecule has 0 spiro atoms. The molecular formula is C17H23ClN2O. The third-order valence-electron chi connectivity index (χ3n) is 5.20. The lowest BCUT2D eigenvalue weighted by Crippen LogP contribution is -2.34. The molecule has 0 bridgehead atoms. The van der Waals surface area contributed by atoms with Crippen LogP contribution in [0.5, 0.6) is 0 Å². The van der Waals surface area contributed by atoms with Gasteiger partial charge >= 0.3 is 0 Å². The number of benzene rings is 1. The summed E-state index contributed by atoms with van der Waals surface area (Å²) >= 11 is 6.13. The molecule has 3 atom stereocenters. The molecule has 114 valence electrons. The summed E-state index contributed by atoms with van der Waals surface area (Å²) in [5.41, 5.74) is 7.00. The van der Waals surface area contributed by atoms with Crippen LogP contribution in [-0.2, 0) is 4.79 Å². The van der Waals surface area contributed by atoms with Crippen LogP contribution in [0.25, 0.3) is 0 Å². The van der Waals surface area contributed by atoms with Gasteiger partial charge in [-0.25, -0.2) is 0 Å². The van der Waals surface area contributed by atoms with Crippen molar-refractivity contribution in [1.29, 1.82) is 0 Å². The fourth-order valence-corrected chi connectivity index (χ4v) is 4.24. The number of hydrogen-bond acceptors (Lipinski definition) is 2. The molecule has 0 saturated heterocycles. The number of halogens is 1. The number of nitrogen functional groups attached to an aromatic ring is 1. The normalized spacial score (nSPS) is 28.7. The van der Waals surface area contributed by atoms with E-state index in [1.807, 2.05) is 0 Å². The van der Waals surface area contributed by atoms with Crippen molar-refractivity contribution in [3.8, 4) is 0 Å². The number of hydrogen-bond donors (Lipinski definition) is 2. The van der Waals surface area contributed by atoms with Gasteiger partial charge in [-0.2, -0.15) is 0 Å². The fraction of sp³-hybridized carbons (Fsp3) is 0.588. The van der Waals surface area contributed by atoms with Crippen molar-refractivity contribution in [2.24, 2.45) is 17.8 Å². The Balaban J connectivity index is 1.66. The van der Waals surface area contributed by atoms with E-state index in [-0.39, 0.29) is 11.8 Å². The molecule has 2 fully saturated rings. The van der Waals surface area contributed by atoms with Crippen molar-refractivity contribution in [2.45, 2.75) is 44.9 Å². The molecule has 0 heterocycles. The van der Waals surface area contributed by atoms with Crippen LogP contribution in [-0.4, -0.2) is 5.91 Å². The molecule has 1 aromatic rings. The maximum Gasteiger partial charge on any atom is 0.227 e. The molecule has 2 saturated carbocycles. The minimum Gasteiger partial charge on any atom is -0.397 e. The molecule has 21 heavy (non-hydrogen) atoms. The summed E-state index contributed by atoms with van der Waals surface area (Å²) in [6, 6.07) is 5.31. The first-order valence-corrected chi connectivity index (χ1v) is 8.38. The summed E-state index contributed by atoms with van der Waals surface area (Å²) in [7, 11) is 0. The first kappa shape index (κ1) is 14.7. The molecule has 0 aromatic heterocycles. The van der Waals surface area contributed by atoms with Crippen molar-refractivity contribution in [3.05, 3.63) is 23.2 Å². The zero-order valence-corrected chi connectivity index (χ0v) is 13.0. The molecule has 2 aliphatic carbocycles. The molecule has 2 aliphatic rings. The molecule has 0 radical (unpaired) electrons. The molecule has 1 amide bonds. The number of anilines is 2. The lowest BCUT2D eigenvalue weighted by Gasteiger charge is -2.38. The van der Waals surface area contributed by atoms with Gasteiger partial charge in [0.15, 0.2) is 0 Å². The fourth-order valence-electron chi connectivity index (χ4n) is 4.01. The first-order valence-electron chi connectivity index (χ1n) is 8.00. The highest BCUT2D eigenvalue weighted by atomic mass is 35.5. The van der Waals surface area contributed by atoms with E-state index in [9.17, 15) is 4.79 Å². The summed E-state index contributed by atoms with van der Waals surface area (Å²) in [4.78, 5) is 12.5. The van der Waals surface area contributed by atoms with Crippen molar-refractivity contribution in [2.75, 3.05) is 11.1 Å². The van der Waals surface area contributed by atoms with Gasteiger partial charge in [-0.15, -0.1) is 0 Å². The summed E-state index contributed by atoms with van der Waals surface area (Å²) in [6.07, 6.45) is 8.57. The SMILES string of the molecule is Nc1cccc(Cl)c1NC(=O)C1CCC2CCCCC2C1. The van der Waals surface area contributed by atoms with E-state index < -0.39 is 0 Å². The van der Waals surface area contributed by atoms with Gasteiger partial charge in [0.25, 0.3) is 0 Å². The van der Waals surface area contributed by atoms with E-state index >= 15 is 0 Å². The van der Waals surface area contributed by atoms with Crippen LogP contribution in [0.15, 0.2) is 18.2 Å². The summed E-state index contributed by atoms with van der Waals surface area (Å²) < 4.78 is 0. The molecular weight excluding hydrogens is 284 g/mol. The molecule has 3 nitrogen and oxygen atoms in total. The second-order valence-electron chi connectivity index (χ2n) is 6.51. The Morgan fingerprint density at radius 1 is 1.14 bits per heavy atom. The van der Waals surface area contributed by atoms with Crippen LogP contribution < -0.4 is 11.1 Å². The minimum absolute atomic E-state index is 0.0822. The molecule has 1 aromatic carbocycles. The largest absolute Gasteiger partial charge is 0.397 e. The average Bonchev–Trinajstić information content (AvgIpc) is 2.50. The Kier molecular flexibility index (Phi) is 4.39. The van der Waals surface area contributed by atoms with Gasteiger partial charge in [0, 0.05) is 5.92 Å². The highest BCUT2D eigenvalue weighted by Gasteiger charge is 2.35. The Bertz CT molecular complexity index is 511. The Morgan fingerprint density at radius 3 is 2.67 bits per heavy atom. The molecule has 3 unspecified atom stereocenters. The van der Waals surface area contributed by atoms with Crippen molar-refractivity contribution >= 4 is 28.9 Å². The van der Waals surface area contributed by atoms with Crippen molar-refractivity contribution in [1.82, 2.24) is 0 Å². The Labute approximate surface area is 131 Å². The molecule has 3 rings (SSSR count). The molecule has 3 N–H and O–H groups in total. The van der Waals surface area contributed by atoms with E-state index in [1.54, 1.807) is 18.2 Å². The predicted molar refractivity (Wildman–Crippen MR) is 87.3 cm³/mol. The predicted octanol–water partition coefficient (Wildman–Crippen LogP) is 4.47. The van der Waals surface area contributed by atoms with Gasteiger partial charge in [0.05, 0.1) is 16.4 Å². The number of nitrogens with two attached hydrogens (primary N) is 1. The number of fused-ring (bicyclic) bond motifs is 1. The smallest absolute Gasteiger partial charge is 0.227 e. The standard InChI is InChI=1S/C17H23ClN2O/c18-14-6-3-7-15(19)16(14)20-17(21)13-9-8-11-4-1-2-5-12(11)10-13/h3,6-7,11-13H,1-2,4-5,8-10,19H2,(H,20,21). The summed E-state index contributed by atoms with van der Waals surface area (Å²) in [5.74, 6) is 1.79. The lowest BCUT2D eigenvalue weighted by atomic mass is 9.67. The molecule has 4 heteroatoms. The van der Waals surface area contributed by atoms with Gasteiger partial charge in [-0.1, -0.05) is 43.4 Å². The van der Waals surface area contributed by atoms with Crippen LogP contribution in [0.3, 0.4) is 0 Å². The maximum absolute atomic E-state index is 12.5. The van der Waals surface area contributed by atoms with E-state index in [2.05, 4.69) is 5.32 Å². The van der Waals surface area contributed by atoms with Gasteiger partial charge in [-0.3, -0.25) is 4.79 Å². The average molecular weight is 307 g/mol. The van der Waals surface area contributed by atoms with Crippen LogP contribution in [0, 0.1) is 17.8 Å². The minimum atomic E-state index is 0.0822. The van der Waals surface area contributed by atoms with Crippen LogP contribution in [0.2, 0.25) is 5.02 Å². The van der Waals surface area contributed by atoms with Gasteiger partial charge < -0.3 is 11.1 Å². The second-order valence-corrected chi connectivity index (χ2v) is 6.92. The van der Waals surface area contributed by atoms with E-state index in [0.29, 0.717) is 16.4 Å². The van der Waals surface area contributed by atoms with Crippen LogP contribution in [0.1, 0.15) is 44.9 Å². The van der Waals surface area contributed by atoms with Gasteiger partial charge in [0.2, 0.25) is 5.91 Å². The number of carbonyl (C=O) groups is 1. The second kappa shape index (κ2) is 6.27. The monoisotopic (exact) mass is 306 g/mol. The number of nitrogens with one attached hydrogen (secondary N) is 1. The number of rotatable bonds is 2. The summed E-state index contributed by atoms with van der Waals surface area (Å²) in [6.45, 7) is 0. The molecule has 0 aliphatic heterocycles. The van der Waals surface area contributed by atoms with E-state index in [4.69, 9.17) is 17.3 Å². The zero-order chi connectivity index (χ0) is 14.8. The van der Waals surface area contributed by atoms with Crippen molar-refractivity contribution in [3.63, 3.8) is 0 Å². The quantitative estimate of drug-likeness (QED) is 0.792. The summed E-state index contributed by atoms with van der Waals surface area (Å²) in [5, 5.41) is 3.46. The van der Waals surface area contributed by atoms with Crippen LogP contribution in [0.4, 0.5) is 11.4 Å². The topological polar surface area (TPSA) is 55.1 Å².